The van der Waals surface area contributed by atoms with Crippen molar-refractivity contribution >= 4 is 40.1 Å². The van der Waals surface area contributed by atoms with E-state index in [1.165, 1.54) is 4.57 Å². The van der Waals surface area contributed by atoms with Gasteiger partial charge in [0.25, 0.3) is 5.56 Å². The van der Waals surface area contributed by atoms with E-state index in [4.69, 9.17) is 21.3 Å². The molecule has 162 valence electrons. The van der Waals surface area contributed by atoms with Crippen LogP contribution in [0, 0.1) is 0 Å². The Kier molecular flexibility index (Phi) is 5.84. The molecule has 0 bridgehead atoms. The highest BCUT2D eigenvalue weighted by Crippen LogP contribution is 2.31. The van der Waals surface area contributed by atoms with E-state index >= 15 is 0 Å². The smallest absolute Gasteiger partial charge is 0.337 e. The van der Waals surface area contributed by atoms with Crippen LogP contribution in [-0.4, -0.2) is 46.9 Å². The second-order valence-corrected chi connectivity index (χ2v) is 7.86. The molecule has 8 nitrogen and oxygen atoms in total. The highest BCUT2D eigenvalue weighted by atomic mass is 35.5. The van der Waals surface area contributed by atoms with Crippen LogP contribution in [0.1, 0.15) is 28.9 Å². The Balaban J connectivity index is 1.83. The summed E-state index contributed by atoms with van der Waals surface area (Å²) in [5, 5.41) is 13.4. The molecule has 2 aromatic carbocycles. The number of aromatic carboxylic acids is 1. The molecule has 0 radical (unpaired) electrons. The first-order valence-corrected chi connectivity index (χ1v) is 10.4. The Labute approximate surface area is 184 Å². The van der Waals surface area contributed by atoms with Crippen molar-refractivity contribution < 1.29 is 14.6 Å². The standard InChI is InChI=1S/C22H23ClN4O4/c1-13(24-17-6-4-3-5-15(17)21(29)30)14-7-8-16(23)18-19(14)25-22(26(2)20(18)28)27-9-11-31-12-10-27/h3-8,13,24H,9-12H2,1-2H3,(H,29,30). The minimum absolute atomic E-state index is 0.172. The van der Waals surface area contributed by atoms with Crippen LogP contribution in [0.3, 0.4) is 0 Å². The van der Waals surface area contributed by atoms with Gasteiger partial charge in [-0.2, -0.15) is 0 Å². The lowest BCUT2D eigenvalue weighted by Gasteiger charge is -2.29. The summed E-state index contributed by atoms with van der Waals surface area (Å²) < 4.78 is 6.94. The van der Waals surface area contributed by atoms with Crippen LogP contribution in [0.25, 0.3) is 10.9 Å². The Morgan fingerprint density at radius 3 is 2.65 bits per heavy atom. The van der Waals surface area contributed by atoms with E-state index in [0.29, 0.717) is 53.9 Å². The molecule has 1 fully saturated rings. The number of morpholine rings is 1. The van der Waals surface area contributed by atoms with E-state index in [9.17, 15) is 14.7 Å². The fraction of sp³-hybridized carbons (Fsp3) is 0.318. The normalized spacial score (nSPS) is 15.1. The third-order valence-corrected chi connectivity index (χ3v) is 5.79. The van der Waals surface area contributed by atoms with E-state index in [1.54, 1.807) is 37.4 Å². The van der Waals surface area contributed by atoms with Crippen LogP contribution in [-0.2, 0) is 11.8 Å². The molecule has 1 aliphatic heterocycles. The maximum Gasteiger partial charge on any atom is 0.337 e. The zero-order valence-corrected chi connectivity index (χ0v) is 18.0. The highest BCUT2D eigenvalue weighted by molar-refractivity contribution is 6.35. The predicted molar refractivity (Wildman–Crippen MR) is 120 cm³/mol. The highest BCUT2D eigenvalue weighted by Gasteiger charge is 2.22. The zero-order chi connectivity index (χ0) is 22.1. The fourth-order valence-electron chi connectivity index (χ4n) is 3.84. The number of hydrogen-bond acceptors (Lipinski definition) is 6. The van der Waals surface area contributed by atoms with Gasteiger partial charge in [-0.15, -0.1) is 0 Å². The molecule has 1 aliphatic rings. The minimum atomic E-state index is -1.02. The molecule has 2 N–H and O–H groups in total. The van der Waals surface area contributed by atoms with Crippen LogP contribution in [0.4, 0.5) is 11.6 Å². The number of nitrogens with one attached hydrogen (secondary N) is 1. The predicted octanol–water partition coefficient (Wildman–Crippen LogP) is 3.29. The molecule has 2 heterocycles. The van der Waals surface area contributed by atoms with Gasteiger partial charge in [-0.3, -0.25) is 9.36 Å². The number of fused-ring (bicyclic) bond motifs is 1. The molecule has 4 rings (SSSR count). The lowest BCUT2D eigenvalue weighted by Crippen LogP contribution is -2.40. The average molecular weight is 443 g/mol. The first-order valence-electron chi connectivity index (χ1n) is 9.99. The molecule has 1 saturated heterocycles. The molecule has 1 aromatic heterocycles. The molecule has 0 spiro atoms. The van der Waals surface area contributed by atoms with Gasteiger partial charge in [-0.25, -0.2) is 9.78 Å². The Bertz CT molecular complexity index is 1200. The quantitative estimate of drug-likeness (QED) is 0.625. The van der Waals surface area contributed by atoms with E-state index in [0.717, 1.165) is 5.56 Å². The summed E-state index contributed by atoms with van der Waals surface area (Å²) in [5.41, 5.74) is 1.70. The van der Waals surface area contributed by atoms with Gasteiger partial charge in [0.2, 0.25) is 5.95 Å². The van der Waals surface area contributed by atoms with Crippen molar-refractivity contribution in [3.05, 3.63) is 62.9 Å². The Hall–Kier alpha value is -3.10. The zero-order valence-electron chi connectivity index (χ0n) is 17.3. The summed E-state index contributed by atoms with van der Waals surface area (Å²) in [4.78, 5) is 31.6. The van der Waals surface area contributed by atoms with Crippen LogP contribution in [0.2, 0.25) is 5.02 Å². The maximum absolute atomic E-state index is 13.2. The van der Waals surface area contributed by atoms with Crippen molar-refractivity contribution in [2.45, 2.75) is 13.0 Å². The van der Waals surface area contributed by atoms with Crippen molar-refractivity contribution in [2.75, 3.05) is 36.5 Å². The molecule has 31 heavy (non-hydrogen) atoms. The first kappa shape index (κ1) is 21.1. The van der Waals surface area contributed by atoms with Gasteiger partial charge >= 0.3 is 5.97 Å². The maximum atomic E-state index is 13.2. The summed E-state index contributed by atoms with van der Waals surface area (Å²) in [6.07, 6.45) is 0. The van der Waals surface area contributed by atoms with Crippen molar-refractivity contribution in [2.24, 2.45) is 7.05 Å². The summed E-state index contributed by atoms with van der Waals surface area (Å²) in [6, 6.07) is 9.88. The van der Waals surface area contributed by atoms with Crippen molar-refractivity contribution in [3.63, 3.8) is 0 Å². The third-order valence-electron chi connectivity index (χ3n) is 5.48. The number of aromatic nitrogens is 2. The average Bonchev–Trinajstić information content (AvgIpc) is 2.77. The Morgan fingerprint density at radius 2 is 1.94 bits per heavy atom. The second-order valence-electron chi connectivity index (χ2n) is 7.45. The summed E-state index contributed by atoms with van der Waals surface area (Å²) in [7, 11) is 1.69. The van der Waals surface area contributed by atoms with E-state index < -0.39 is 5.97 Å². The number of ether oxygens (including phenoxy) is 1. The van der Waals surface area contributed by atoms with Crippen LogP contribution < -0.4 is 15.8 Å². The number of nitrogens with zero attached hydrogens (tertiary/aromatic N) is 3. The van der Waals surface area contributed by atoms with Crippen LogP contribution >= 0.6 is 11.6 Å². The number of carboxylic acid groups (broad SMARTS) is 1. The molecule has 0 amide bonds. The molecular weight excluding hydrogens is 420 g/mol. The van der Waals surface area contributed by atoms with Crippen LogP contribution in [0.5, 0.6) is 0 Å². The molecule has 0 saturated carbocycles. The third kappa shape index (κ3) is 3.96. The summed E-state index contributed by atoms with van der Waals surface area (Å²) in [5.74, 6) is -0.458. The fourth-order valence-corrected chi connectivity index (χ4v) is 4.08. The van der Waals surface area contributed by atoms with E-state index in [1.807, 2.05) is 17.9 Å². The van der Waals surface area contributed by atoms with Gasteiger partial charge in [0.05, 0.1) is 40.7 Å². The molecule has 1 atom stereocenters. The van der Waals surface area contributed by atoms with Gasteiger partial charge in [-0.05, 0) is 25.1 Å². The second kappa shape index (κ2) is 8.56. The number of anilines is 2. The topological polar surface area (TPSA) is 96.7 Å². The largest absolute Gasteiger partial charge is 0.478 e. The number of para-hydroxylation sites is 1. The van der Waals surface area contributed by atoms with Gasteiger partial charge in [0, 0.05) is 31.4 Å². The number of rotatable bonds is 5. The number of hydrogen-bond donors (Lipinski definition) is 2. The minimum Gasteiger partial charge on any atom is -0.478 e. The lowest BCUT2D eigenvalue weighted by molar-refractivity contribution is 0.0698. The first-order chi connectivity index (χ1) is 14.9. The van der Waals surface area contributed by atoms with Crippen molar-refractivity contribution in [1.82, 2.24) is 9.55 Å². The monoisotopic (exact) mass is 442 g/mol. The molecule has 1 unspecified atom stereocenters. The summed E-state index contributed by atoms with van der Waals surface area (Å²) >= 11 is 6.39. The number of benzene rings is 2. The molecule has 9 heteroatoms. The van der Waals surface area contributed by atoms with Crippen LogP contribution in [0.15, 0.2) is 41.2 Å². The number of carbonyl (C=O) groups is 1. The van der Waals surface area contributed by atoms with Gasteiger partial charge in [0.15, 0.2) is 0 Å². The number of halogens is 1. The SMILES string of the molecule is CC(Nc1ccccc1C(=O)O)c1ccc(Cl)c2c(=O)n(C)c(N3CCOCC3)nc12. The molecular formula is C22H23ClN4O4. The Morgan fingerprint density at radius 1 is 1.23 bits per heavy atom. The van der Waals surface area contributed by atoms with E-state index in [-0.39, 0.29) is 17.2 Å². The molecule has 3 aromatic rings. The van der Waals surface area contributed by atoms with Crippen molar-refractivity contribution in [3.8, 4) is 0 Å². The van der Waals surface area contributed by atoms with Gasteiger partial charge < -0.3 is 20.1 Å². The number of carboxylic acids is 1. The van der Waals surface area contributed by atoms with E-state index in [2.05, 4.69) is 5.32 Å². The van der Waals surface area contributed by atoms with Crippen molar-refractivity contribution in [1.29, 1.82) is 0 Å². The molecule has 0 aliphatic carbocycles. The lowest BCUT2D eigenvalue weighted by atomic mass is 10.0. The van der Waals surface area contributed by atoms with Gasteiger partial charge in [0.1, 0.15) is 0 Å². The van der Waals surface area contributed by atoms with Gasteiger partial charge in [-0.1, -0.05) is 29.8 Å². The summed E-state index contributed by atoms with van der Waals surface area (Å²) in [6.45, 7) is 4.32.